The number of aromatic nitrogens is 3. The average Bonchev–Trinajstić information content (AvgIpc) is 3.18. The Hall–Kier alpha value is -2.19. The van der Waals surface area contributed by atoms with Gasteiger partial charge in [-0.1, -0.05) is 5.21 Å². The van der Waals surface area contributed by atoms with Gasteiger partial charge in [-0.25, -0.2) is 4.68 Å². The van der Waals surface area contributed by atoms with Gasteiger partial charge in [0.15, 0.2) is 5.69 Å². The summed E-state index contributed by atoms with van der Waals surface area (Å²) in [7, 11) is 1.68. The van der Waals surface area contributed by atoms with Gasteiger partial charge >= 0.3 is 0 Å². The quantitative estimate of drug-likeness (QED) is 0.857. The van der Waals surface area contributed by atoms with Gasteiger partial charge in [-0.05, 0) is 6.07 Å². The minimum Gasteiger partial charge on any atom is -0.472 e. The normalized spacial score (nSPS) is 21.6. The van der Waals surface area contributed by atoms with Crippen LogP contribution in [0.3, 0.4) is 0 Å². The number of aliphatic hydroxyl groups excluding tert-OH is 1. The molecule has 3 rings (SSSR count). The number of carbonyl (C=O) groups excluding carboxylic acids is 1. The number of amides is 1. The van der Waals surface area contributed by atoms with Crippen molar-refractivity contribution in [2.75, 3.05) is 20.3 Å². The molecule has 1 fully saturated rings. The standard InChI is InChI=1S/C13H16N4O4/c1-16(4-9-2-3-20-6-9)13(19)10-5-17(15-14-10)11-7-21-8-12(11)18/h2-3,5-6,11-12,18H,4,7-8H2,1H3/t11-,12-/m1/s1. The van der Waals surface area contributed by atoms with Gasteiger partial charge in [0.05, 0.1) is 31.9 Å². The first-order valence-corrected chi connectivity index (χ1v) is 6.59. The molecule has 8 nitrogen and oxygen atoms in total. The molecule has 0 aliphatic carbocycles. The van der Waals surface area contributed by atoms with Crippen molar-refractivity contribution >= 4 is 5.91 Å². The fraction of sp³-hybridized carbons (Fsp3) is 0.462. The Morgan fingerprint density at radius 2 is 2.43 bits per heavy atom. The van der Waals surface area contributed by atoms with E-state index < -0.39 is 6.10 Å². The van der Waals surface area contributed by atoms with Crippen LogP contribution in [0.1, 0.15) is 22.1 Å². The lowest BCUT2D eigenvalue weighted by Crippen LogP contribution is -2.26. The van der Waals surface area contributed by atoms with Crippen LogP contribution in [0.4, 0.5) is 0 Å². The minimum absolute atomic E-state index is 0.236. The molecule has 8 heteroatoms. The third-order valence-electron chi connectivity index (χ3n) is 3.44. The molecule has 1 aliphatic rings. The van der Waals surface area contributed by atoms with E-state index in [9.17, 15) is 9.90 Å². The Bertz CT molecular complexity index is 609. The molecular formula is C13H16N4O4. The summed E-state index contributed by atoms with van der Waals surface area (Å²) in [5.41, 5.74) is 1.14. The number of rotatable bonds is 4. The van der Waals surface area contributed by atoms with Crippen LogP contribution in [0.2, 0.25) is 0 Å². The molecule has 2 aromatic rings. The summed E-state index contributed by atoms with van der Waals surface area (Å²) < 4.78 is 11.6. The van der Waals surface area contributed by atoms with E-state index in [4.69, 9.17) is 9.15 Å². The van der Waals surface area contributed by atoms with Gasteiger partial charge in [0, 0.05) is 19.2 Å². The maximum absolute atomic E-state index is 12.3. The van der Waals surface area contributed by atoms with Crippen molar-refractivity contribution in [1.82, 2.24) is 19.9 Å². The smallest absolute Gasteiger partial charge is 0.276 e. The van der Waals surface area contributed by atoms with E-state index in [1.54, 1.807) is 25.6 Å². The summed E-state index contributed by atoms with van der Waals surface area (Å²) in [6, 6.07) is 1.51. The second-order valence-electron chi connectivity index (χ2n) is 5.05. The molecule has 0 radical (unpaired) electrons. The second-order valence-corrected chi connectivity index (χ2v) is 5.05. The SMILES string of the molecule is CN(Cc1ccoc1)C(=O)c1cn([C@@H]2COC[C@H]2O)nn1. The van der Waals surface area contributed by atoms with Crippen molar-refractivity contribution in [2.24, 2.45) is 0 Å². The van der Waals surface area contributed by atoms with Crippen LogP contribution in [-0.4, -0.2) is 57.3 Å². The van der Waals surface area contributed by atoms with E-state index in [0.29, 0.717) is 13.2 Å². The van der Waals surface area contributed by atoms with Gasteiger partial charge in [-0.3, -0.25) is 4.79 Å². The van der Waals surface area contributed by atoms with Crippen LogP contribution >= 0.6 is 0 Å². The lowest BCUT2D eigenvalue weighted by molar-refractivity contribution is 0.0778. The Labute approximate surface area is 120 Å². The summed E-state index contributed by atoms with van der Waals surface area (Å²) in [5.74, 6) is -0.240. The van der Waals surface area contributed by atoms with Crippen LogP contribution in [0.5, 0.6) is 0 Å². The molecule has 0 spiro atoms. The van der Waals surface area contributed by atoms with Crippen LogP contribution in [0.25, 0.3) is 0 Å². The van der Waals surface area contributed by atoms with Crippen molar-refractivity contribution < 1.29 is 19.1 Å². The first kappa shape index (κ1) is 13.8. The Balaban J connectivity index is 1.69. The molecule has 0 bridgehead atoms. The lowest BCUT2D eigenvalue weighted by Gasteiger charge is -2.14. The van der Waals surface area contributed by atoms with Gasteiger partial charge in [0.1, 0.15) is 12.1 Å². The maximum atomic E-state index is 12.3. The Kier molecular flexibility index (Phi) is 3.72. The first-order valence-electron chi connectivity index (χ1n) is 6.59. The molecule has 2 aromatic heterocycles. The molecular weight excluding hydrogens is 276 g/mol. The zero-order valence-electron chi connectivity index (χ0n) is 11.5. The van der Waals surface area contributed by atoms with Crippen LogP contribution in [0.15, 0.2) is 29.2 Å². The first-order chi connectivity index (χ1) is 10.1. The summed E-state index contributed by atoms with van der Waals surface area (Å²) in [6.07, 6.45) is 4.06. The number of aliphatic hydroxyl groups is 1. The van der Waals surface area contributed by atoms with E-state index in [1.165, 1.54) is 15.8 Å². The third kappa shape index (κ3) is 2.81. The summed E-state index contributed by atoms with van der Waals surface area (Å²) >= 11 is 0. The maximum Gasteiger partial charge on any atom is 0.276 e. The predicted octanol–water partition coefficient (Wildman–Crippen LogP) is 0.0755. The molecule has 1 amide bonds. The molecule has 0 aromatic carbocycles. The van der Waals surface area contributed by atoms with E-state index in [0.717, 1.165) is 5.56 Å². The number of furan rings is 1. The van der Waals surface area contributed by atoms with E-state index >= 15 is 0 Å². The van der Waals surface area contributed by atoms with Crippen LogP contribution in [-0.2, 0) is 11.3 Å². The van der Waals surface area contributed by atoms with E-state index in [-0.39, 0.29) is 24.2 Å². The molecule has 1 N–H and O–H groups in total. The van der Waals surface area contributed by atoms with E-state index in [2.05, 4.69) is 10.3 Å². The second kappa shape index (κ2) is 5.66. The highest BCUT2D eigenvalue weighted by Gasteiger charge is 2.29. The topological polar surface area (TPSA) is 93.6 Å². The fourth-order valence-electron chi connectivity index (χ4n) is 2.24. The number of hydrogen-bond acceptors (Lipinski definition) is 6. The Morgan fingerprint density at radius 3 is 3.10 bits per heavy atom. The highest BCUT2D eigenvalue weighted by Crippen LogP contribution is 2.18. The van der Waals surface area contributed by atoms with Crippen LogP contribution < -0.4 is 0 Å². The van der Waals surface area contributed by atoms with Gasteiger partial charge in [-0.15, -0.1) is 5.10 Å². The lowest BCUT2D eigenvalue weighted by atomic mass is 10.2. The molecule has 0 unspecified atom stereocenters. The third-order valence-corrected chi connectivity index (χ3v) is 3.44. The zero-order chi connectivity index (χ0) is 14.8. The number of carbonyl (C=O) groups is 1. The molecule has 2 atom stereocenters. The van der Waals surface area contributed by atoms with Gasteiger partial charge in [-0.2, -0.15) is 0 Å². The molecule has 0 saturated carbocycles. The summed E-state index contributed by atoms with van der Waals surface area (Å²) in [6.45, 7) is 1.06. The van der Waals surface area contributed by atoms with Crippen molar-refractivity contribution in [3.63, 3.8) is 0 Å². The minimum atomic E-state index is -0.627. The fourth-order valence-corrected chi connectivity index (χ4v) is 2.24. The molecule has 1 aliphatic heterocycles. The van der Waals surface area contributed by atoms with Gasteiger partial charge < -0.3 is 19.2 Å². The van der Waals surface area contributed by atoms with Crippen molar-refractivity contribution in [2.45, 2.75) is 18.7 Å². The monoisotopic (exact) mass is 292 g/mol. The van der Waals surface area contributed by atoms with Crippen molar-refractivity contribution in [1.29, 1.82) is 0 Å². The number of nitrogens with zero attached hydrogens (tertiary/aromatic N) is 4. The summed E-state index contributed by atoms with van der Waals surface area (Å²) in [4.78, 5) is 13.8. The highest BCUT2D eigenvalue weighted by molar-refractivity contribution is 5.91. The van der Waals surface area contributed by atoms with E-state index in [1.807, 2.05) is 0 Å². The molecule has 3 heterocycles. The average molecular weight is 292 g/mol. The summed E-state index contributed by atoms with van der Waals surface area (Å²) in [5, 5.41) is 17.5. The number of hydrogen-bond donors (Lipinski definition) is 1. The predicted molar refractivity (Wildman–Crippen MR) is 70.4 cm³/mol. The van der Waals surface area contributed by atoms with Crippen molar-refractivity contribution in [3.05, 3.63) is 36.0 Å². The molecule has 1 saturated heterocycles. The van der Waals surface area contributed by atoms with Gasteiger partial charge in [0.2, 0.25) is 0 Å². The number of ether oxygens (including phenoxy) is 1. The van der Waals surface area contributed by atoms with Crippen LogP contribution in [0, 0.1) is 0 Å². The highest BCUT2D eigenvalue weighted by atomic mass is 16.5. The Morgan fingerprint density at radius 1 is 1.57 bits per heavy atom. The molecule has 112 valence electrons. The van der Waals surface area contributed by atoms with Crippen molar-refractivity contribution in [3.8, 4) is 0 Å². The largest absolute Gasteiger partial charge is 0.472 e. The zero-order valence-corrected chi connectivity index (χ0v) is 11.5. The molecule has 21 heavy (non-hydrogen) atoms. The van der Waals surface area contributed by atoms with Gasteiger partial charge in [0.25, 0.3) is 5.91 Å².